The van der Waals surface area contributed by atoms with Gasteiger partial charge in [0.05, 0.1) is 40.5 Å². The van der Waals surface area contributed by atoms with Crippen LogP contribution in [0.2, 0.25) is 15.1 Å². The first-order chi connectivity index (χ1) is 20.1. The molecule has 0 aliphatic carbocycles. The second kappa shape index (κ2) is 12.7. The molecule has 2 heterocycles. The maximum Gasteiger partial charge on any atom is 0.338 e. The fraction of sp³-hybridized carbons (Fsp3) is 0.167. The molecule has 12 heteroatoms. The van der Waals surface area contributed by atoms with Crippen LogP contribution in [-0.4, -0.2) is 24.8 Å². The largest absolute Gasteiger partial charge is 0.493 e. The first-order valence-corrected chi connectivity index (χ1v) is 15.2. The van der Waals surface area contributed by atoms with Crippen LogP contribution in [0.5, 0.6) is 11.5 Å². The molecule has 1 aromatic heterocycles. The number of ether oxygens (including phenoxy) is 3. The Morgan fingerprint density at radius 2 is 1.79 bits per heavy atom. The van der Waals surface area contributed by atoms with Crippen LogP contribution >= 0.6 is 62.1 Å². The van der Waals surface area contributed by atoms with E-state index in [1.54, 1.807) is 61.5 Å². The first kappa shape index (κ1) is 30.4. The predicted molar refractivity (Wildman–Crippen MR) is 169 cm³/mol. The zero-order valence-electron chi connectivity index (χ0n) is 22.4. The van der Waals surface area contributed by atoms with Crippen molar-refractivity contribution in [2.45, 2.75) is 19.6 Å². The van der Waals surface area contributed by atoms with Gasteiger partial charge in [-0.05, 0) is 76.5 Å². The molecule has 1 aliphatic rings. The molecule has 0 amide bonds. The van der Waals surface area contributed by atoms with E-state index < -0.39 is 12.0 Å². The van der Waals surface area contributed by atoms with Crippen molar-refractivity contribution >= 4 is 74.1 Å². The summed E-state index contributed by atoms with van der Waals surface area (Å²) in [5.74, 6) is 0.370. The number of rotatable bonds is 7. The highest BCUT2D eigenvalue weighted by Gasteiger charge is 2.33. The topological polar surface area (TPSA) is 79.1 Å². The number of halogens is 4. The minimum Gasteiger partial charge on any atom is -0.493 e. The lowest BCUT2D eigenvalue weighted by atomic mass is 9.96. The summed E-state index contributed by atoms with van der Waals surface area (Å²) < 4.78 is 19.3. The lowest BCUT2D eigenvalue weighted by Gasteiger charge is -2.24. The minimum absolute atomic E-state index is 0.190. The average Bonchev–Trinajstić information content (AvgIpc) is 3.26. The summed E-state index contributed by atoms with van der Waals surface area (Å²) in [6.07, 6.45) is 1.74. The molecule has 1 aliphatic heterocycles. The van der Waals surface area contributed by atoms with Crippen LogP contribution in [0.1, 0.15) is 29.7 Å². The van der Waals surface area contributed by atoms with Gasteiger partial charge in [0.15, 0.2) is 16.3 Å². The van der Waals surface area contributed by atoms with Crippen molar-refractivity contribution < 1.29 is 19.0 Å². The maximum absolute atomic E-state index is 13.8. The molecule has 5 rings (SSSR count). The number of hydrogen-bond donors (Lipinski definition) is 0. The predicted octanol–water partition coefficient (Wildman–Crippen LogP) is 6.72. The van der Waals surface area contributed by atoms with E-state index in [4.69, 9.17) is 49.0 Å². The third-order valence-electron chi connectivity index (χ3n) is 6.55. The van der Waals surface area contributed by atoms with Gasteiger partial charge < -0.3 is 14.2 Å². The fourth-order valence-electron chi connectivity index (χ4n) is 4.56. The van der Waals surface area contributed by atoms with E-state index in [9.17, 15) is 9.59 Å². The van der Waals surface area contributed by atoms with Gasteiger partial charge in [-0.25, -0.2) is 9.79 Å². The molecule has 0 radical (unpaired) electrons. The molecule has 0 unspecified atom stereocenters. The maximum atomic E-state index is 13.8. The number of benzene rings is 3. The number of aromatic nitrogens is 1. The highest BCUT2D eigenvalue weighted by Crippen LogP contribution is 2.38. The third kappa shape index (κ3) is 6.02. The van der Waals surface area contributed by atoms with Crippen molar-refractivity contribution in [1.82, 2.24) is 4.57 Å². The molecular formula is C30H22BrCl3N2O5S. The number of fused-ring (bicyclic) bond motifs is 1. The van der Waals surface area contributed by atoms with Gasteiger partial charge in [0.25, 0.3) is 5.56 Å². The van der Waals surface area contributed by atoms with E-state index >= 15 is 0 Å². The molecule has 0 saturated heterocycles. The number of methoxy groups -OCH3 is 2. The van der Waals surface area contributed by atoms with Crippen molar-refractivity contribution in [2.24, 2.45) is 4.99 Å². The molecule has 1 atom stereocenters. The van der Waals surface area contributed by atoms with E-state index in [1.807, 2.05) is 6.07 Å². The van der Waals surface area contributed by atoms with Crippen LogP contribution < -0.4 is 24.4 Å². The summed E-state index contributed by atoms with van der Waals surface area (Å²) in [4.78, 5) is 31.7. The molecule has 42 heavy (non-hydrogen) atoms. The number of carbonyl (C=O) groups excluding carboxylic acids is 1. The number of allylic oxidation sites excluding steroid dienone is 1. The molecular weight excluding hydrogens is 687 g/mol. The molecule has 0 bridgehead atoms. The van der Waals surface area contributed by atoms with Crippen LogP contribution in [0.3, 0.4) is 0 Å². The number of thiazole rings is 1. The Balaban J connectivity index is 1.56. The van der Waals surface area contributed by atoms with Crippen LogP contribution in [-0.2, 0) is 16.1 Å². The van der Waals surface area contributed by atoms with Gasteiger partial charge in [-0.1, -0.05) is 64.3 Å². The molecule has 0 spiro atoms. The van der Waals surface area contributed by atoms with Crippen molar-refractivity contribution in [3.8, 4) is 11.5 Å². The highest BCUT2D eigenvalue weighted by atomic mass is 79.9. The van der Waals surface area contributed by atoms with Crippen LogP contribution in [0.25, 0.3) is 6.08 Å². The monoisotopic (exact) mass is 706 g/mol. The van der Waals surface area contributed by atoms with Crippen molar-refractivity contribution in [3.63, 3.8) is 0 Å². The summed E-state index contributed by atoms with van der Waals surface area (Å²) in [5, 5.41) is 1.56. The zero-order valence-corrected chi connectivity index (χ0v) is 27.1. The number of carbonyl (C=O) groups is 1. The Morgan fingerprint density at radius 1 is 1.07 bits per heavy atom. The lowest BCUT2D eigenvalue weighted by molar-refractivity contribution is -0.136. The Hall–Kier alpha value is -3.08. The summed E-state index contributed by atoms with van der Waals surface area (Å²) >= 11 is 23.2. The molecule has 3 aromatic carbocycles. The Kier molecular flexibility index (Phi) is 9.15. The van der Waals surface area contributed by atoms with Gasteiger partial charge >= 0.3 is 5.97 Å². The van der Waals surface area contributed by atoms with Gasteiger partial charge in [0.1, 0.15) is 6.61 Å². The van der Waals surface area contributed by atoms with Crippen molar-refractivity contribution in [1.29, 1.82) is 0 Å². The van der Waals surface area contributed by atoms with Crippen molar-refractivity contribution in [3.05, 3.63) is 122 Å². The minimum atomic E-state index is -0.732. The standard InChI is InChI=1S/C30H22BrCl3N2O5S/c1-15-25(29(38)40-3)26(17-4-7-19(32)8-5-17)36-28(37)24(42-30(36)35-15)12-16-10-21(31)27(23(11-16)39-2)41-14-18-6-9-20(33)13-22(18)34/h4-13,26H,14H2,1-3H3/b24-12-/t26-/m1/s1. The summed E-state index contributed by atoms with van der Waals surface area (Å²) in [6, 6.07) is 15.0. The second-order valence-corrected chi connectivity index (χ2v) is 12.3. The fourth-order valence-corrected chi connectivity index (χ4v) is 6.77. The summed E-state index contributed by atoms with van der Waals surface area (Å²) in [5.41, 5.74) is 2.60. The molecule has 0 fully saturated rings. The molecule has 4 aromatic rings. The molecule has 7 nitrogen and oxygen atoms in total. The van der Waals surface area contributed by atoms with E-state index in [2.05, 4.69) is 20.9 Å². The van der Waals surface area contributed by atoms with Crippen molar-refractivity contribution in [2.75, 3.05) is 14.2 Å². The van der Waals surface area contributed by atoms with Gasteiger partial charge in [0, 0.05) is 20.6 Å². The summed E-state index contributed by atoms with van der Waals surface area (Å²) in [6.45, 7) is 1.92. The second-order valence-electron chi connectivity index (χ2n) is 9.18. The van der Waals surface area contributed by atoms with E-state index in [1.165, 1.54) is 30.1 Å². The van der Waals surface area contributed by atoms with Gasteiger partial charge in [0.2, 0.25) is 0 Å². The normalized spacial score (nSPS) is 14.8. The van der Waals surface area contributed by atoms with Crippen LogP contribution in [0.4, 0.5) is 0 Å². The first-order valence-electron chi connectivity index (χ1n) is 12.4. The van der Waals surface area contributed by atoms with Crippen LogP contribution in [0, 0.1) is 0 Å². The molecule has 0 saturated carbocycles. The zero-order chi connectivity index (χ0) is 30.1. The van der Waals surface area contributed by atoms with E-state index in [0.29, 0.717) is 57.2 Å². The Bertz CT molecular complexity index is 1920. The van der Waals surface area contributed by atoms with E-state index in [0.717, 1.165) is 5.56 Å². The average molecular weight is 709 g/mol. The number of nitrogens with zero attached hydrogens (tertiary/aromatic N) is 2. The Morgan fingerprint density at radius 3 is 2.45 bits per heavy atom. The van der Waals surface area contributed by atoms with Gasteiger partial charge in [-0.3, -0.25) is 9.36 Å². The van der Waals surface area contributed by atoms with Gasteiger partial charge in [-0.2, -0.15) is 0 Å². The highest BCUT2D eigenvalue weighted by molar-refractivity contribution is 9.10. The number of hydrogen-bond acceptors (Lipinski definition) is 7. The third-order valence-corrected chi connectivity index (χ3v) is 8.96. The smallest absolute Gasteiger partial charge is 0.338 e. The summed E-state index contributed by atoms with van der Waals surface area (Å²) in [7, 11) is 2.83. The lowest BCUT2D eigenvalue weighted by Crippen LogP contribution is -2.39. The Labute approximate surface area is 268 Å². The number of esters is 1. The van der Waals surface area contributed by atoms with Gasteiger partial charge in [-0.15, -0.1) is 0 Å². The molecule has 216 valence electrons. The quantitative estimate of drug-likeness (QED) is 0.199. The van der Waals surface area contributed by atoms with E-state index in [-0.39, 0.29) is 17.7 Å². The SMILES string of the molecule is COC(=O)C1=C(C)N=c2s/c(=C\c3cc(Br)c(OCc4ccc(Cl)cc4Cl)c(OC)c3)c(=O)n2[C@@H]1c1ccc(Cl)cc1. The van der Waals surface area contributed by atoms with Crippen LogP contribution in [0.15, 0.2) is 80.1 Å². The molecule has 0 N–H and O–H groups in total.